The zero-order valence-electron chi connectivity index (χ0n) is 16.2. The Morgan fingerprint density at radius 3 is 2.57 bits per heavy atom. The Labute approximate surface area is 175 Å². The van der Waals surface area contributed by atoms with Crippen LogP contribution in [0.3, 0.4) is 0 Å². The maximum atomic E-state index is 13.3. The van der Waals surface area contributed by atoms with Crippen LogP contribution in [-0.4, -0.2) is 35.7 Å². The summed E-state index contributed by atoms with van der Waals surface area (Å²) in [5.74, 6) is 0.252. The molecule has 1 amide bonds. The van der Waals surface area contributed by atoms with Gasteiger partial charge in [0, 0.05) is 30.4 Å². The van der Waals surface area contributed by atoms with Crippen LogP contribution in [0.1, 0.15) is 24.1 Å². The van der Waals surface area contributed by atoms with Crippen LogP contribution in [0.4, 0.5) is 5.69 Å². The Kier molecular flexibility index (Phi) is 4.51. The first kappa shape index (κ1) is 19.0. The highest BCUT2D eigenvalue weighted by atomic mass is 35.5. The van der Waals surface area contributed by atoms with E-state index < -0.39 is 11.6 Å². The third-order valence-electron chi connectivity index (χ3n) is 5.45. The Morgan fingerprint density at radius 2 is 1.93 bits per heavy atom. The molecule has 2 heterocycles. The summed E-state index contributed by atoms with van der Waals surface area (Å²) in [6, 6.07) is 13.1. The maximum absolute atomic E-state index is 13.3. The molecule has 28 heavy (non-hydrogen) atoms. The molecule has 0 aromatic heterocycles. The Hall–Kier alpha value is -2.31. The molecule has 0 saturated carbocycles. The van der Waals surface area contributed by atoms with Gasteiger partial charge in [0.2, 0.25) is 5.91 Å². The lowest BCUT2D eigenvalue weighted by Gasteiger charge is -2.56. The van der Waals surface area contributed by atoms with E-state index in [9.17, 15) is 4.79 Å². The van der Waals surface area contributed by atoms with Gasteiger partial charge in [-0.3, -0.25) is 9.69 Å². The number of fused-ring (bicyclic) bond motifs is 4. The second-order valence-electron chi connectivity index (χ2n) is 7.65. The molecule has 0 radical (unpaired) electrons. The van der Waals surface area contributed by atoms with E-state index in [1.54, 1.807) is 31.1 Å². The Bertz CT molecular complexity index is 963. The number of hydrogen-bond acceptors (Lipinski definition) is 3. The van der Waals surface area contributed by atoms with Crippen molar-refractivity contribution in [1.29, 1.82) is 0 Å². The topological polar surface area (TPSA) is 44.8 Å². The first-order chi connectivity index (χ1) is 13.2. The van der Waals surface area contributed by atoms with Crippen molar-refractivity contribution in [3.05, 3.63) is 58.6 Å². The van der Waals surface area contributed by atoms with Gasteiger partial charge < -0.3 is 15.0 Å². The van der Waals surface area contributed by atoms with Crippen molar-refractivity contribution >= 4 is 40.5 Å². The lowest BCUT2D eigenvalue weighted by molar-refractivity contribution is -0.144. The monoisotopic (exact) mass is 415 g/mol. The molecule has 2 aliphatic rings. The van der Waals surface area contributed by atoms with Gasteiger partial charge in [-0.25, -0.2) is 0 Å². The number of benzene rings is 2. The van der Waals surface area contributed by atoms with E-state index in [-0.39, 0.29) is 11.9 Å². The Morgan fingerprint density at radius 1 is 1.25 bits per heavy atom. The number of rotatable bonds is 2. The third-order valence-corrected chi connectivity index (χ3v) is 6.00. The van der Waals surface area contributed by atoms with Gasteiger partial charge in [0.05, 0.1) is 6.04 Å². The molecule has 2 bridgehead atoms. The van der Waals surface area contributed by atoms with Gasteiger partial charge >= 0.3 is 0 Å². The highest BCUT2D eigenvalue weighted by Crippen LogP contribution is 2.50. The molecule has 7 heteroatoms. The molecular weight excluding hydrogens is 394 g/mol. The summed E-state index contributed by atoms with van der Waals surface area (Å²) in [6.07, 6.45) is 0. The average Bonchev–Trinajstić information content (AvgIpc) is 2.63. The van der Waals surface area contributed by atoms with Gasteiger partial charge in [-0.15, -0.1) is 0 Å². The fraction of sp³-hybridized carbons (Fsp3) is 0.333. The fourth-order valence-electron chi connectivity index (χ4n) is 4.14. The summed E-state index contributed by atoms with van der Waals surface area (Å²) in [7, 11) is 3.52. The van der Waals surface area contributed by atoms with Crippen LogP contribution in [0.25, 0.3) is 0 Å². The molecule has 2 aromatic rings. The standard InChI is InChI=1S/C21H22ClN3O2S/c1-12-5-10-16-15(11-12)18-17(19(26)24(3)4)21(2,27-16)25(20(28)23-18)14-8-6-13(22)7-9-14/h5-11,17-18H,1-4H3,(H,23,28)/t17-,18-,21+/m1/s1. The fourth-order valence-corrected chi connectivity index (χ4v) is 4.68. The number of anilines is 1. The number of nitrogens with zero attached hydrogens (tertiary/aromatic N) is 2. The van der Waals surface area contributed by atoms with E-state index in [1.165, 1.54) is 0 Å². The zero-order valence-corrected chi connectivity index (χ0v) is 17.8. The second-order valence-corrected chi connectivity index (χ2v) is 8.47. The van der Waals surface area contributed by atoms with Crippen molar-refractivity contribution in [2.24, 2.45) is 5.92 Å². The third kappa shape index (κ3) is 2.83. The smallest absolute Gasteiger partial charge is 0.233 e. The van der Waals surface area contributed by atoms with Gasteiger partial charge in [0.15, 0.2) is 10.8 Å². The van der Waals surface area contributed by atoms with E-state index in [0.29, 0.717) is 10.1 Å². The predicted octanol–water partition coefficient (Wildman–Crippen LogP) is 3.90. The number of thiocarbonyl (C=S) groups is 1. The lowest BCUT2D eigenvalue weighted by atomic mass is 9.78. The molecular formula is C21H22ClN3O2S. The summed E-state index contributed by atoms with van der Waals surface area (Å²) in [4.78, 5) is 16.8. The van der Waals surface area contributed by atoms with Gasteiger partial charge in [0.1, 0.15) is 11.7 Å². The van der Waals surface area contributed by atoms with Gasteiger partial charge in [-0.2, -0.15) is 0 Å². The summed E-state index contributed by atoms with van der Waals surface area (Å²) in [6.45, 7) is 3.95. The first-order valence-electron chi connectivity index (χ1n) is 9.09. The largest absolute Gasteiger partial charge is 0.467 e. The number of amides is 1. The average molecular weight is 416 g/mol. The molecule has 0 aliphatic carbocycles. The maximum Gasteiger partial charge on any atom is 0.233 e. The van der Waals surface area contributed by atoms with Crippen molar-refractivity contribution in [2.45, 2.75) is 25.6 Å². The minimum atomic E-state index is -0.982. The van der Waals surface area contributed by atoms with Crippen molar-refractivity contribution in [3.8, 4) is 5.75 Å². The van der Waals surface area contributed by atoms with Crippen molar-refractivity contribution in [3.63, 3.8) is 0 Å². The molecule has 1 N–H and O–H groups in total. The molecule has 1 fully saturated rings. The Balaban J connectivity index is 1.91. The number of nitrogens with one attached hydrogen (secondary N) is 1. The van der Waals surface area contributed by atoms with E-state index in [2.05, 4.69) is 11.4 Å². The van der Waals surface area contributed by atoms with Gasteiger partial charge in [-0.05, 0) is 56.4 Å². The van der Waals surface area contributed by atoms with Crippen LogP contribution < -0.4 is 15.0 Å². The minimum absolute atomic E-state index is 0.0198. The van der Waals surface area contributed by atoms with Crippen LogP contribution >= 0.6 is 23.8 Å². The SMILES string of the molecule is Cc1ccc2c(c1)[C@H]1NC(=S)N(c3ccc(Cl)cc3)[C@@](C)(O2)[C@H]1C(=O)N(C)C. The van der Waals surface area contributed by atoms with Crippen molar-refractivity contribution < 1.29 is 9.53 Å². The molecule has 0 spiro atoms. The summed E-state index contributed by atoms with van der Waals surface area (Å²) >= 11 is 11.8. The van der Waals surface area contributed by atoms with Crippen LogP contribution in [-0.2, 0) is 4.79 Å². The van der Waals surface area contributed by atoms with Crippen LogP contribution in [0, 0.1) is 12.8 Å². The first-order valence-corrected chi connectivity index (χ1v) is 9.88. The number of hydrogen-bond donors (Lipinski definition) is 1. The normalized spacial score (nSPS) is 25.5. The van der Waals surface area contributed by atoms with E-state index in [0.717, 1.165) is 22.6 Å². The molecule has 1 saturated heterocycles. The number of ether oxygens (including phenoxy) is 1. The molecule has 5 nitrogen and oxygen atoms in total. The molecule has 4 rings (SSSR count). The van der Waals surface area contributed by atoms with Gasteiger partial charge in [-0.1, -0.05) is 29.3 Å². The summed E-state index contributed by atoms with van der Waals surface area (Å²) < 4.78 is 6.51. The molecule has 2 aliphatic heterocycles. The zero-order chi connectivity index (χ0) is 20.2. The summed E-state index contributed by atoms with van der Waals surface area (Å²) in [5, 5.41) is 4.55. The van der Waals surface area contributed by atoms with E-state index >= 15 is 0 Å². The van der Waals surface area contributed by atoms with E-state index in [1.807, 2.05) is 43.0 Å². The predicted molar refractivity (Wildman–Crippen MR) is 115 cm³/mol. The quantitative estimate of drug-likeness (QED) is 0.754. The lowest BCUT2D eigenvalue weighted by Crippen LogP contribution is -2.72. The molecule has 3 atom stereocenters. The van der Waals surface area contributed by atoms with Crippen molar-refractivity contribution in [1.82, 2.24) is 10.2 Å². The molecule has 146 valence electrons. The van der Waals surface area contributed by atoms with Crippen LogP contribution in [0.5, 0.6) is 5.75 Å². The minimum Gasteiger partial charge on any atom is -0.467 e. The number of carbonyl (C=O) groups excluding carboxylic acids is 1. The highest BCUT2D eigenvalue weighted by molar-refractivity contribution is 7.80. The highest BCUT2D eigenvalue weighted by Gasteiger charge is 2.59. The van der Waals surface area contributed by atoms with E-state index in [4.69, 9.17) is 28.6 Å². The van der Waals surface area contributed by atoms with Crippen molar-refractivity contribution in [2.75, 3.05) is 19.0 Å². The van der Waals surface area contributed by atoms with Crippen LogP contribution in [0.2, 0.25) is 5.02 Å². The molecule has 0 unspecified atom stereocenters. The van der Waals surface area contributed by atoms with Crippen LogP contribution in [0.15, 0.2) is 42.5 Å². The van der Waals surface area contributed by atoms with Gasteiger partial charge in [0.25, 0.3) is 0 Å². The number of halogens is 1. The second kappa shape index (κ2) is 6.64. The number of carbonyl (C=O) groups is 1. The summed E-state index contributed by atoms with van der Waals surface area (Å²) in [5.41, 5.74) is 1.89. The number of aryl methyl sites for hydroxylation is 1. The molecule has 2 aromatic carbocycles.